The van der Waals surface area contributed by atoms with Crippen LogP contribution in [-0.4, -0.2) is 54.8 Å². The molecule has 1 atom stereocenters. The Labute approximate surface area is 214 Å². The van der Waals surface area contributed by atoms with Crippen LogP contribution in [-0.2, 0) is 4.79 Å². The summed E-state index contributed by atoms with van der Waals surface area (Å²) in [5.41, 5.74) is 8.14. The fraction of sp³-hybridized carbons (Fsp3) is 0.259. The van der Waals surface area contributed by atoms with Crippen LogP contribution in [0.25, 0.3) is 22.0 Å². The van der Waals surface area contributed by atoms with Gasteiger partial charge in [-0.2, -0.15) is 4.98 Å². The molecule has 4 aromatic rings. The van der Waals surface area contributed by atoms with Gasteiger partial charge in [0.05, 0.1) is 26.8 Å². The van der Waals surface area contributed by atoms with Gasteiger partial charge >= 0.3 is 0 Å². The number of nitrogens with two attached hydrogens (primary N) is 1. The minimum atomic E-state index is -0.412. The van der Waals surface area contributed by atoms with Crippen LogP contribution in [0.2, 0.25) is 0 Å². The van der Waals surface area contributed by atoms with E-state index in [-0.39, 0.29) is 5.91 Å². The zero-order valence-corrected chi connectivity index (χ0v) is 20.9. The summed E-state index contributed by atoms with van der Waals surface area (Å²) in [6, 6.07) is 14.9. The molecule has 0 unspecified atom stereocenters. The van der Waals surface area contributed by atoms with Gasteiger partial charge in [0, 0.05) is 23.7 Å². The number of nitrogens with zero attached hydrogens (tertiary/aromatic N) is 4. The van der Waals surface area contributed by atoms with Gasteiger partial charge in [-0.25, -0.2) is 9.97 Å². The van der Waals surface area contributed by atoms with E-state index in [9.17, 15) is 4.79 Å². The highest BCUT2D eigenvalue weighted by molar-refractivity contribution is 5.92. The fourth-order valence-corrected chi connectivity index (χ4v) is 4.60. The molecule has 2 aromatic carbocycles. The van der Waals surface area contributed by atoms with Crippen molar-refractivity contribution >= 4 is 34.4 Å². The molecular weight excluding hydrogens is 472 g/mol. The molecule has 1 aliphatic rings. The molecular formula is C27H28N6O4. The monoisotopic (exact) mass is 500 g/mol. The van der Waals surface area contributed by atoms with Gasteiger partial charge < -0.3 is 30.2 Å². The molecule has 0 bridgehead atoms. The van der Waals surface area contributed by atoms with Gasteiger partial charge in [-0.15, -0.1) is 0 Å². The number of carbonyl (C=O) groups is 1. The van der Waals surface area contributed by atoms with E-state index in [4.69, 9.17) is 29.9 Å². The average Bonchev–Trinajstić information content (AvgIpc) is 3.43. The number of fused-ring (bicyclic) bond motifs is 1. The molecule has 10 heteroatoms. The van der Waals surface area contributed by atoms with E-state index in [1.54, 1.807) is 27.5 Å². The first kappa shape index (κ1) is 24.1. The second-order valence-corrected chi connectivity index (χ2v) is 8.61. The first-order valence-electron chi connectivity index (χ1n) is 11.9. The number of rotatable bonds is 8. The van der Waals surface area contributed by atoms with Gasteiger partial charge in [0.15, 0.2) is 11.5 Å². The highest BCUT2D eigenvalue weighted by Gasteiger charge is 2.31. The Bertz CT molecular complexity index is 1420. The number of hydrogen-bond acceptors (Lipinski definition) is 9. The number of pyridine rings is 1. The molecule has 1 aliphatic heterocycles. The summed E-state index contributed by atoms with van der Waals surface area (Å²) in [5, 5.41) is 4.17. The zero-order valence-electron chi connectivity index (χ0n) is 20.9. The summed E-state index contributed by atoms with van der Waals surface area (Å²) in [7, 11) is 4.74. The van der Waals surface area contributed by atoms with Crippen molar-refractivity contribution in [1.82, 2.24) is 15.0 Å². The van der Waals surface area contributed by atoms with Gasteiger partial charge in [0.25, 0.3) is 0 Å². The molecule has 190 valence electrons. The van der Waals surface area contributed by atoms with E-state index in [1.807, 2.05) is 53.4 Å². The first-order chi connectivity index (χ1) is 18.0. The van der Waals surface area contributed by atoms with Crippen LogP contribution in [0.4, 0.5) is 17.6 Å². The Morgan fingerprint density at radius 2 is 1.76 bits per heavy atom. The number of amides is 1. The molecule has 1 fully saturated rings. The molecule has 5 rings (SSSR count). The standard InChI is InChI=1S/C27H28N6O4/c1-35-21-13-17(14-22(36-2)24(21)37-3)16-10-11-23(29-15-16)31-26-18-7-4-5-8-19(18)30-27(32-26)33-12-6-9-20(33)25(28)34/h4-5,7-8,10-11,13-15,20H,6,9,12H2,1-3H3,(H2,28,34)(H,29,30,31,32)/t20-/m0/s1. The molecule has 3 N–H and O–H groups in total. The lowest BCUT2D eigenvalue weighted by molar-refractivity contribution is -0.119. The highest BCUT2D eigenvalue weighted by atomic mass is 16.5. The maximum Gasteiger partial charge on any atom is 0.240 e. The Balaban J connectivity index is 1.47. The van der Waals surface area contributed by atoms with Gasteiger partial charge in [-0.05, 0) is 54.8 Å². The predicted molar refractivity (Wildman–Crippen MR) is 142 cm³/mol. The Morgan fingerprint density at radius 1 is 1.00 bits per heavy atom. The Hall–Kier alpha value is -4.60. The predicted octanol–water partition coefficient (Wildman–Crippen LogP) is 3.92. The van der Waals surface area contributed by atoms with Crippen molar-refractivity contribution in [2.45, 2.75) is 18.9 Å². The van der Waals surface area contributed by atoms with Crippen LogP contribution < -0.4 is 30.2 Å². The zero-order chi connectivity index (χ0) is 25.9. The molecule has 3 heterocycles. The molecule has 0 saturated carbocycles. The summed E-state index contributed by atoms with van der Waals surface area (Å²) in [6.07, 6.45) is 3.31. The smallest absolute Gasteiger partial charge is 0.240 e. The van der Waals surface area contributed by atoms with Crippen LogP contribution in [0.1, 0.15) is 12.8 Å². The van der Waals surface area contributed by atoms with Gasteiger partial charge in [0.1, 0.15) is 17.7 Å². The van der Waals surface area contributed by atoms with Crippen LogP contribution in [0.15, 0.2) is 54.7 Å². The number of nitrogens with one attached hydrogen (secondary N) is 1. The minimum absolute atomic E-state index is 0.368. The minimum Gasteiger partial charge on any atom is -0.493 e. The second kappa shape index (κ2) is 10.2. The number of anilines is 3. The lowest BCUT2D eigenvalue weighted by Gasteiger charge is -2.23. The van der Waals surface area contributed by atoms with E-state index in [0.29, 0.717) is 47.8 Å². The van der Waals surface area contributed by atoms with Crippen LogP contribution in [0.3, 0.4) is 0 Å². The van der Waals surface area contributed by atoms with Crippen LogP contribution in [0, 0.1) is 0 Å². The Morgan fingerprint density at radius 3 is 2.41 bits per heavy atom. The molecule has 1 amide bonds. The Kier molecular flexibility index (Phi) is 6.63. The quantitative estimate of drug-likeness (QED) is 0.370. The molecule has 2 aromatic heterocycles. The van der Waals surface area contributed by atoms with Gasteiger partial charge in [-0.1, -0.05) is 12.1 Å². The van der Waals surface area contributed by atoms with E-state index in [0.717, 1.165) is 28.5 Å². The highest BCUT2D eigenvalue weighted by Crippen LogP contribution is 2.41. The number of methoxy groups -OCH3 is 3. The summed E-state index contributed by atoms with van der Waals surface area (Å²) in [6.45, 7) is 0.674. The molecule has 37 heavy (non-hydrogen) atoms. The third kappa shape index (κ3) is 4.65. The van der Waals surface area contributed by atoms with Gasteiger partial charge in [0.2, 0.25) is 17.6 Å². The van der Waals surface area contributed by atoms with Crippen molar-refractivity contribution in [3.8, 4) is 28.4 Å². The van der Waals surface area contributed by atoms with Crippen molar-refractivity contribution in [3.05, 3.63) is 54.7 Å². The molecule has 0 radical (unpaired) electrons. The normalized spacial score (nSPS) is 15.0. The summed E-state index contributed by atoms with van der Waals surface area (Å²) in [5.74, 6) is 2.97. The van der Waals surface area contributed by atoms with E-state index in [2.05, 4.69) is 10.3 Å². The third-order valence-corrected chi connectivity index (χ3v) is 6.44. The number of hydrogen-bond donors (Lipinski definition) is 2. The van der Waals surface area contributed by atoms with Crippen molar-refractivity contribution in [2.24, 2.45) is 5.73 Å². The molecule has 0 aliphatic carbocycles. The largest absolute Gasteiger partial charge is 0.493 e. The number of primary amides is 1. The van der Waals surface area contributed by atoms with Crippen LogP contribution >= 0.6 is 0 Å². The SMILES string of the molecule is COc1cc(-c2ccc(Nc3nc(N4CCC[C@H]4C(N)=O)nc4ccccc34)nc2)cc(OC)c1OC. The number of aromatic nitrogens is 3. The van der Waals surface area contributed by atoms with Crippen LogP contribution in [0.5, 0.6) is 17.2 Å². The fourth-order valence-electron chi connectivity index (χ4n) is 4.60. The second-order valence-electron chi connectivity index (χ2n) is 8.61. The molecule has 1 saturated heterocycles. The lowest BCUT2D eigenvalue weighted by Crippen LogP contribution is -2.41. The first-order valence-corrected chi connectivity index (χ1v) is 11.9. The summed E-state index contributed by atoms with van der Waals surface area (Å²) in [4.78, 5) is 27.9. The maximum absolute atomic E-state index is 12.0. The summed E-state index contributed by atoms with van der Waals surface area (Å²) >= 11 is 0. The van der Waals surface area contributed by atoms with Crippen molar-refractivity contribution in [1.29, 1.82) is 0 Å². The van der Waals surface area contributed by atoms with Gasteiger partial charge in [-0.3, -0.25) is 4.79 Å². The van der Waals surface area contributed by atoms with E-state index >= 15 is 0 Å². The van der Waals surface area contributed by atoms with Crippen molar-refractivity contribution in [2.75, 3.05) is 38.1 Å². The lowest BCUT2D eigenvalue weighted by atomic mass is 10.1. The van der Waals surface area contributed by atoms with E-state index < -0.39 is 6.04 Å². The number of ether oxygens (including phenoxy) is 3. The van der Waals surface area contributed by atoms with Crippen molar-refractivity contribution in [3.63, 3.8) is 0 Å². The number of carbonyl (C=O) groups excluding carboxylic acids is 1. The average molecular weight is 501 g/mol. The van der Waals surface area contributed by atoms with Crippen molar-refractivity contribution < 1.29 is 19.0 Å². The third-order valence-electron chi connectivity index (χ3n) is 6.44. The topological polar surface area (TPSA) is 125 Å². The number of para-hydroxylation sites is 1. The molecule has 0 spiro atoms. The number of benzene rings is 2. The summed E-state index contributed by atoms with van der Waals surface area (Å²) < 4.78 is 16.4. The molecule has 10 nitrogen and oxygen atoms in total. The maximum atomic E-state index is 12.0. The van der Waals surface area contributed by atoms with E-state index in [1.165, 1.54) is 0 Å².